The lowest BCUT2D eigenvalue weighted by molar-refractivity contribution is 0.107. The number of para-hydroxylation sites is 1. The first-order chi connectivity index (χ1) is 10.0. The van der Waals surface area contributed by atoms with Crippen LogP contribution in [0.3, 0.4) is 0 Å². The van der Waals surface area contributed by atoms with Gasteiger partial charge in [-0.05, 0) is 53.5 Å². The maximum Gasteiger partial charge on any atom is 0.256 e. The molecule has 3 nitrogen and oxygen atoms in total. The van der Waals surface area contributed by atoms with E-state index in [4.69, 9.17) is 34.4 Å². The van der Waals surface area contributed by atoms with Crippen molar-refractivity contribution >= 4 is 33.7 Å². The van der Waals surface area contributed by atoms with Crippen LogP contribution in [0.25, 0.3) is 0 Å². The molecule has 0 amide bonds. The number of carbonyl (C=O) groups excluding carboxylic acids is 2. The zero-order valence-corrected chi connectivity index (χ0v) is 12.1. The Balaban J connectivity index is 2.54. The SMILES string of the molecule is C#Cc1cccc(Oc2c(C(=O)Cl)cccc2C(=O)Cl)c1. The van der Waals surface area contributed by atoms with Crippen molar-refractivity contribution < 1.29 is 14.3 Å². The molecular formula is C16H8Cl2O3. The number of hydrogen-bond acceptors (Lipinski definition) is 3. The molecule has 5 heteroatoms. The summed E-state index contributed by atoms with van der Waals surface area (Å²) in [7, 11) is 0. The molecule has 0 aromatic heterocycles. The smallest absolute Gasteiger partial charge is 0.256 e. The predicted molar refractivity (Wildman–Crippen MR) is 81.3 cm³/mol. The van der Waals surface area contributed by atoms with E-state index < -0.39 is 10.5 Å². The standard InChI is InChI=1S/C16H8Cl2O3/c1-2-10-5-3-6-11(9-10)21-14-12(15(17)19)7-4-8-13(14)16(18)20/h1,3-9H. The van der Waals surface area contributed by atoms with Crippen molar-refractivity contribution in [2.24, 2.45) is 0 Å². The van der Waals surface area contributed by atoms with Crippen LogP contribution in [-0.4, -0.2) is 10.5 Å². The van der Waals surface area contributed by atoms with Crippen LogP contribution in [-0.2, 0) is 0 Å². The summed E-state index contributed by atoms with van der Waals surface area (Å²) in [6, 6.07) is 11.0. The van der Waals surface area contributed by atoms with Gasteiger partial charge in [0.05, 0.1) is 11.1 Å². The van der Waals surface area contributed by atoms with E-state index in [0.29, 0.717) is 11.3 Å². The van der Waals surface area contributed by atoms with Crippen LogP contribution in [0.5, 0.6) is 11.5 Å². The number of halogens is 2. The topological polar surface area (TPSA) is 43.4 Å². The third kappa shape index (κ3) is 3.43. The number of benzene rings is 2. The van der Waals surface area contributed by atoms with Crippen LogP contribution in [0.15, 0.2) is 42.5 Å². The van der Waals surface area contributed by atoms with Gasteiger partial charge in [0.2, 0.25) is 0 Å². The van der Waals surface area contributed by atoms with Crippen molar-refractivity contribution in [1.29, 1.82) is 0 Å². The van der Waals surface area contributed by atoms with Crippen molar-refractivity contribution in [2.75, 3.05) is 0 Å². The molecule has 0 aliphatic rings. The van der Waals surface area contributed by atoms with E-state index in [2.05, 4.69) is 5.92 Å². The minimum atomic E-state index is -0.752. The van der Waals surface area contributed by atoms with Gasteiger partial charge in [0.25, 0.3) is 10.5 Å². The Morgan fingerprint density at radius 2 is 1.57 bits per heavy atom. The third-order valence-electron chi connectivity index (χ3n) is 2.66. The summed E-state index contributed by atoms with van der Waals surface area (Å²) in [5.74, 6) is 2.84. The number of rotatable bonds is 4. The molecule has 0 bridgehead atoms. The van der Waals surface area contributed by atoms with Gasteiger partial charge in [-0.3, -0.25) is 9.59 Å². The summed E-state index contributed by atoms with van der Waals surface area (Å²) >= 11 is 11.0. The maximum atomic E-state index is 11.5. The highest BCUT2D eigenvalue weighted by Gasteiger charge is 2.19. The first kappa shape index (κ1) is 15.1. The van der Waals surface area contributed by atoms with Gasteiger partial charge in [0, 0.05) is 5.56 Å². The van der Waals surface area contributed by atoms with E-state index >= 15 is 0 Å². The fourth-order valence-electron chi connectivity index (χ4n) is 1.72. The number of ether oxygens (including phenoxy) is 1. The quantitative estimate of drug-likeness (QED) is 0.626. The molecule has 21 heavy (non-hydrogen) atoms. The van der Waals surface area contributed by atoms with Crippen LogP contribution in [0.2, 0.25) is 0 Å². The molecule has 104 valence electrons. The van der Waals surface area contributed by atoms with Crippen molar-refractivity contribution in [2.45, 2.75) is 0 Å². The number of hydrogen-bond donors (Lipinski definition) is 0. The van der Waals surface area contributed by atoms with Gasteiger partial charge in [0.1, 0.15) is 5.75 Å². The summed E-state index contributed by atoms with van der Waals surface area (Å²) in [5, 5.41) is -1.50. The van der Waals surface area contributed by atoms with Crippen molar-refractivity contribution in [3.63, 3.8) is 0 Å². The predicted octanol–water partition coefficient (Wildman–Crippen LogP) is 4.22. The zero-order valence-electron chi connectivity index (χ0n) is 10.6. The highest BCUT2D eigenvalue weighted by Crippen LogP contribution is 2.31. The van der Waals surface area contributed by atoms with E-state index in [-0.39, 0.29) is 16.9 Å². The van der Waals surface area contributed by atoms with Gasteiger partial charge in [-0.2, -0.15) is 0 Å². The molecule has 0 fully saturated rings. The average Bonchev–Trinajstić information content (AvgIpc) is 2.47. The highest BCUT2D eigenvalue weighted by molar-refractivity contribution is 6.69. The van der Waals surface area contributed by atoms with Crippen molar-refractivity contribution in [3.05, 3.63) is 59.2 Å². The minimum absolute atomic E-state index is 0.00618. The summed E-state index contributed by atoms with van der Waals surface area (Å²) < 4.78 is 5.60. The molecule has 0 aliphatic heterocycles. The second kappa shape index (κ2) is 6.45. The van der Waals surface area contributed by atoms with Crippen LogP contribution < -0.4 is 4.74 Å². The van der Waals surface area contributed by atoms with Gasteiger partial charge in [-0.25, -0.2) is 0 Å². The Labute approximate surface area is 131 Å². The molecule has 0 radical (unpaired) electrons. The molecule has 0 aliphatic carbocycles. The molecule has 0 unspecified atom stereocenters. The molecule has 0 atom stereocenters. The molecule has 2 aromatic rings. The Hall–Kier alpha value is -2.28. The fraction of sp³-hybridized carbons (Fsp3) is 0. The van der Waals surface area contributed by atoms with E-state index in [1.807, 2.05) is 0 Å². The van der Waals surface area contributed by atoms with Gasteiger partial charge in [-0.1, -0.05) is 18.1 Å². The van der Waals surface area contributed by atoms with Crippen LogP contribution in [0.4, 0.5) is 0 Å². The van der Waals surface area contributed by atoms with E-state index in [9.17, 15) is 9.59 Å². The lowest BCUT2D eigenvalue weighted by Gasteiger charge is -2.12. The number of terminal acetylenes is 1. The second-order valence-electron chi connectivity index (χ2n) is 4.00. The van der Waals surface area contributed by atoms with Gasteiger partial charge in [-0.15, -0.1) is 6.42 Å². The molecule has 0 saturated heterocycles. The molecule has 0 saturated carbocycles. The molecule has 0 spiro atoms. The normalized spacial score (nSPS) is 9.76. The largest absolute Gasteiger partial charge is 0.456 e. The Kier molecular flexibility index (Phi) is 4.64. The molecule has 2 aromatic carbocycles. The van der Waals surface area contributed by atoms with E-state index in [0.717, 1.165) is 0 Å². The second-order valence-corrected chi connectivity index (χ2v) is 4.69. The zero-order chi connectivity index (χ0) is 15.4. The summed E-state index contributed by atoms with van der Waals surface area (Å²) in [5.41, 5.74) is 0.699. The summed E-state index contributed by atoms with van der Waals surface area (Å²) in [4.78, 5) is 22.9. The Bertz CT molecular complexity index is 728. The fourth-order valence-corrected chi connectivity index (χ4v) is 2.02. The number of carbonyl (C=O) groups is 2. The van der Waals surface area contributed by atoms with E-state index in [1.54, 1.807) is 24.3 Å². The Morgan fingerprint density at radius 3 is 2.10 bits per heavy atom. The third-order valence-corrected chi connectivity index (χ3v) is 3.07. The first-order valence-corrected chi connectivity index (χ1v) is 6.55. The van der Waals surface area contributed by atoms with Gasteiger partial charge < -0.3 is 4.74 Å². The molecule has 2 rings (SSSR count). The van der Waals surface area contributed by atoms with E-state index in [1.165, 1.54) is 18.2 Å². The maximum absolute atomic E-state index is 11.5. The van der Waals surface area contributed by atoms with Crippen molar-refractivity contribution in [1.82, 2.24) is 0 Å². The lowest BCUT2D eigenvalue weighted by atomic mass is 10.1. The van der Waals surface area contributed by atoms with Crippen molar-refractivity contribution in [3.8, 4) is 23.8 Å². The first-order valence-electron chi connectivity index (χ1n) is 5.80. The average molecular weight is 319 g/mol. The Morgan fingerprint density at radius 1 is 1.00 bits per heavy atom. The molecular weight excluding hydrogens is 311 g/mol. The molecule has 0 heterocycles. The molecule has 0 N–H and O–H groups in total. The monoisotopic (exact) mass is 318 g/mol. The van der Waals surface area contributed by atoms with Crippen LogP contribution in [0.1, 0.15) is 26.3 Å². The van der Waals surface area contributed by atoms with Crippen LogP contribution in [0, 0.1) is 12.3 Å². The summed E-state index contributed by atoms with van der Waals surface area (Å²) in [6.45, 7) is 0. The highest BCUT2D eigenvalue weighted by atomic mass is 35.5. The van der Waals surface area contributed by atoms with Crippen LogP contribution >= 0.6 is 23.2 Å². The van der Waals surface area contributed by atoms with Gasteiger partial charge >= 0.3 is 0 Å². The lowest BCUT2D eigenvalue weighted by Crippen LogP contribution is -2.01. The summed E-state index contributed by atoms with van der Waals surface area (Å²) in [6.07, 6.45) is 5.31. The minimum Gasteiger partial charge on any atom is -0.456 e. The van der Waals surface area contributed by atoms with Gasteiger partial charge in [0.15, 0.2) is 5.75 Å².